The number of hydrogen-bond donors (Lipinski definition) is 1. The minimum absolute atomic E-state index is 0.114. The highest BCUT2D eigenvalue weighted by Crippen LogP contribution is 2.32. The summed E-state index contributed by atoms with van der Waals surface area (Å²) < 4.78 is 32.1. The number of benzene rings is 2. The maximum absolute atomic E-state index is 13.6. The van der Waals surface area contributed by atoms with Crippen LogP contribution >= 0.6 is 0 Å². The lowest BCUT2D eigenvalue weighted by molar-refractivity contribution is -0.123. The molecular formula is C20H17F2N5O4. The molecule has 1 N–H and O–H groups in total. The Kier molecular flexibility index (Phi) is 5.32. The molecule has 2 aromatic carbocycles. The van der Waals surface area contributed by atoms with Crippen molar-refractivity contribution in [3.63, 3.8) is 0 Å². The Hall–Kier alpha value is -3.89. The molecule has 9 nitrogen and oxygen atoms in total. The molecule has 2 aromatic rings. The van der Waals surface area contributed by atoms with Crippen LogP contribution in [0.1, 0.15) is 6.92 Å². The van der Waals surface area contributed by atoms with E-state index in [1.807, 2.05) is 6.92 Å². The van der Waals surface area contributed by atoms with Crippen molar-refractivity contribution < 1.29 is 27.9 Å². The Balaban J connectivity index is 1.45. The number of halogens is 2. The second kappa shape index (κ2) is 8.09. The van der Waals surface area contributed by atoms with E-state index in [1.54, 1.807) is 24.3 Å². The minimum Gasteiger partial charge on any atom is -0.494 e. The number of carbonyl (C=O) groups excluding carboxylic acids is 3. The number of rotatable bonds is 6. The number of carbonyl (C=O) groups is 3. The Morgan fingerprint density at radius 1 is 1.10 bits per heavy atom. The SMILES string of the molecule is CCOc1ccc(NC(=O)CN2N=N[C@H]3C(=O)N(c4ccc(F)c(F)c4)C(=O)[C@@H]32)cc1. The van der Waals surface area contributed by atoms with Crippen LogP contribution in [0.25, 0.3) is 0 Å². The van der Waals surface area contributed by atoms with Gasteiger partial charge in [0.2, 0.25) is 5.91 Å². The molecule has 2 aliphatic heterocycles. The molecule has 3 amide bonds. The Bertz CT molecular complexity index is 1080. The average molecular weight is 429 g/mol. The van der Waals surface area contributed by atoms with E-state index in [4.69, 9.17) is 4.74 Å². The lowest BCUT2D eigenvalue weighted by Crippen LogP contribution is -2.43. The van der Waals surface area contributed by atoms with E-state index in [0.717, 1.165) is 28.1 Å². The molecule has 0 aliphatic carbocycles. The lowest BCUT2D eigenvalue weighted by Gasteiger charge is -2.20. The van der Waals surface area contributed by atoms with E-state index in [-0.39, 0.29) is 12.2 Å². The van der Waals surface area contributed by atoms with Gasteiger partial charge in [0.05, 0.1) is 12.3 Å². The van der Waals surface area contributed by atoms with Crippen molar-refractivity contribution in [3.8, 4) is 5.75 Å². The van der Waals surface area contributed by atoms with Crippen molar-refractivity contribution in [2.75, 3.05) is 23.4 Å². The second-order valence-corrected chi connectivity index (χ2v) is 6.81. The first kappa shape index (κ1) is 20.4. The van der Waals surface area contributed by atoms with Crippen LogP contribution in [0.5, 0.6) is 5.75 Å². The smallest absolute Gasteiger partial charge is 0.263 e. The first-order chi connectivity index (χ1) is 14.9. The number of ether oxygens (including phenoxy) is 1. The van der Waals surface area contributed by atoms with Crippen LogP contribution in [0.2, 0.25) is 0 Å². The normalized spacial score (nSPS) is 19.7. The van der Waals surface area contributed by atoms with Gasteiger partial charge in [-0.3, -0.25) is 19.4 Å². The van der Waals surface area contributed by atoms with Crippen molar-refractivity contribution in [1.29, 1.82) is 0 Å². The van der Waals surface area contributed by atoms with E-state index in [2.05, 4.69) is 15.7 Å². The first-order valence-electron chi connectivity index (χ1n) is 9.42. The van der Waals surface area contributed by atoms with Crippen molar-refractivity contribution in [2.24, 2.45) is 10.3 Å². The zero-order chi connectivity index (χ0) is 22.1. The van der Waals surface area contributed by atoms with Crippen molar-refractivity contribution in [3.05, 3.63) is 54.1 Å². The average Bonchev–Trinajstić information content (AvgIpc) is 3.25. The van der Waals surface area contributed by atoms with E-state index < -0.39 is 41.4 Å². The molecule has 0 radical (unpaired) electrons. The predicted octanol–water partition coefficient (Wildman–Crippen LogP) is 2.30. The highest BCUT2D eigenvalue weighted by Gasteiger charge is 2.55. The second-order valence-electron chi connectivity index (χ2n) is 6.81. The molecule has 2 atom stereocenters. The number of amides is 3. The molecule has 160 valence electrons. The molecule has 2 aliphatic rings. The third kappa shape index (κ3) is 3.81. The van der Waals surface area contributed by atoms with Gasteiger partial charge < -0.3 is 10.1 Å². The van der Waals surface area contributed by atoms with Crippen LogP contribution in [0.15, 0.2) is 52.8 Å². The number of fused-ring (bicyclic) bond motifs is 1. The number of imide groups is 1. The summed E-state index contributed by atoms with van der Waals surface area (Å²) in [6, 6.07) is 7.13. The molecule has 0 spiro atoms. The molecule has 31 heavy (non-hydrogen) atoms. The monoisotopic (exact) mass is 429 g/mol. The summed E-state index contributed by atoms with van der Waals surface area (Å²) in [5.74, 6) is -3.56. The molecule has 0 unspecified atom stereocenters. The number of nitrogens with zero attached hydrogens (tertiary/aromatic N) is 4. The van der Waals surface area contributed by atoms with Gasteiger partial charge >= 0.3 is 0 Å². The van der Waals surface area contributed by atoms with Gasteiger partial charge in [0.25, 0.3) is 11.8 Å². The third-order valence-electron chi connectivity index (χ3n) is 4.77. The number of hydrogen-bond acceptors (Lipinski definition) is 7. The highest BCUT2D eigenvalue weighted by atomic mass is 19.2. The maximum Gasteiger partial charge on any atom is 0.263 e. The summed E-state index contributed by atoms with van der Waals surface area (Å²) in [4.78, 5) is 38.6. The first-order valence-corrected chi connectivity index (χ1v) is 9.42. The number of anilines is 2. The van der Waals surface area contributed by atoms with Gasteiger partial charge in [-0.2, -0.15) is 5.11 Å². The molecule has 4 rings (SSSR count). The molecule has 0 bridgehead atoms. The molecule has 2 heterocycles. The summed E-state index contributed by atoms with van der Waals surface area (Å²) in [5, 5.41) is 11.3. The Labute approximate surface area is 175 Å². The van der Waals surface area contributed by atoms with E-state index in [9.17, 15) is 23.2 Å². The van der Waals surface area contributed by atoms with Crippen LogP contribution in [0, 0.1) is 11.6 Å². The summed E-state index contributed by atoms with van der Waals surface area (Å²) in [5.41, 5.74) is 0.399. The zero-order valence-electron chi connectivity index (χ0n) is 16.3. The van der Waals surface area contributed by atoms with Gasteiger partial charge in [-0.05, 0) is 43.3 Å². The minimum atomic E-state index is -1.19. The Morgan fingerprint density at radius 2 is 1.84 bits per heavy atom. The Morgan fingerprint density at radius 3 is 2.52 bits per heavy atom. The quantitative estimate of drug-likeness (QED) is 0.710. The van der Waals surface area contributed by atoms with E-state index in [1.165, 1.54) is 0 Å². The topological polar surface area (TPSA) is 104 Å². The number of nitrogens with one attached hydrogen (secondary N) is 1. The molecule has 1 saturated heterocycles. The predicted molar refractivity (Wildman–Crippen MR) is 104 cm³/mol. The fourth-order valence-corrected chi connectivity index (χ4v) is 3.38. The van der Waals surface area contributed by atoms with Crippen LogP contribution in [0.4, 0.5) is 20.2 Å². The summed E-state index contributed by atoms with van der Waals surface area (Å²) in [6.07, 6.45) is 0. The highest BCUT2D eigenvalue weighted by molar-refractivity contribution is 6.25. The van der Waals surface area contributed by atoms with Gasteiger partial charge in [0.15, 0.2) is 23.7 Å². The van der Waals surface area contributed by atoms with Gasteiger partial charge in [0, 0.05) is 11.8 Å². The van der Waals surface area contributed by atoms with Crippen LogP contribution in [-0.4, -0.2) is 48.0 Å². The lowest BCUT2D eigenvalue weighted by atomic mass is 10.1. The third-order valence-corrected chi connectivity index (χ3v) is 4.77. The largest absolute Gasteiger partial charge is 0.494 e. The zero-order valence-corrected chi connectivity index (χ0v) is 16.3. The standard InChI is InChI=1S/C20H17F2N5O4/c1-2-31-13-6-3-11(4-7-13)23-16(28)10-26-18-17(24-25-26)19(29)27(20(18)30)12-5-8-14(21)15(22)9-12/h3-9,17-18H,2,10H2,1H3,(H,23,28)/t17-,18-/m1/s1. The van der Waals surface area contributed by atoms with Crippen molar-refractivity contribution >= 4 is 29.1 Å². The van der Waals surface area contributed by atoms with E-state index >= 15 is 0 Å². The molecule has 11 heteroatoms. The summed E-state index contributed by atoms with van der Waals surface area (Å²) >= 11 is 0. The van der Waals surface area contributed by atoms with Crippen molar-refractivity contribution in [1.82, 2.24) is 5.01 Å². The fraction of sp³-hybridized carbons (Fsp3) is 0.250. The maximum atomic E-state index is 13.6. The van der Waals surface area contributed by atoms with Gasteiger partial charge in [-0.25, -0.2) is 13.7 Å². The van der Waals surface area contributed by atoms with Gasteiger partial charge in [-0.1, -0.05) is 5.22 Å². The molecule has 1 fully saturated rings. The van der Waals surface area contributed by atoms with Crippen molar-refractivity contribution in [2.45, 2.75) is 19.0 Å². The van der Waals surface area contributed by atoms with Gasteiger partial charge in [0.1, 0.15) is 12.3 Å². The molecule has 0 aromatic heterocycles. The van der Waals surface area contributed by atoms with Crippen LogP contribution in [-0.2, 0) is 14.4 Å². The van der Waals surface area contributed by atoms with Gasteiger partial charge in [-0.15, -0.1) is 0 Å². The molecular weight excluding hydrogens is 412 g/mol. The fourth-order valence-electron chi connectivity index (χ4n) is 3.38. The van der Waals surface area contributed by atoms with Crippen LogP contribution in [0.3, 0.4) is 0 Å². The summed E-state index contributed by atoms with van der Waals surface area (Å²) in [6.45, 7) is 2.04. The molecule has 0 saturated carbocycles. The summed E-state index contributed by atoms with van der Waals surface area (Å²) in [7, 11) is 0. The van der Waals surface area contributed by atoms with Crippen LogP contribution < -0.4 is 15.0 Å². The van der Waals surface area contributed by atoms with E-state index in [0.29, 0.717) is 18.0 Å².